The highest BCUT2D eigenvalue weighted by atomic mass is 19.1. The van der Waals surface area contributed by atoms with Crippen molar-refractivity contribution in [3.63, 3.8) is 0 Å². The molecule has 0 fully saturated rings. The summed E-state index contributed by atoms with van der Waals surface area (Å²) in [5.41, 5.74) is 0.933. The fraction of sp³-hybridized carbons (Fsp3) is 0. The Balaban J connectivity index is 2.12. The molecule has 4 nitrogen and oxygen atoms in total. The van der Waals surface area contributed by atoms with Crippen molar-refractivity contribution in [3.05, 3.63) is 54.4 Å². The molecule has 0 unspecified atom stereocenters. The van der Waals surface area contributed by atoms with Crippen LogP contribution >= 0.6 is 0 Å². The number of aromatic nitrogens is 2. The predicted molar refractivity (Wildman–Crippen MR) is 56.4 cm³/mol. The van der Waals surface area contributed by atoms with E-state index in [4.69, 9.17) is 0 Å². The van der Waals surface area contributed by atoms with E-state index in [1.165, 1.54) is 12.3 Å². The van der Waals surface area contributed by atoms with Crippen LogP contribution in [0, 0.1) is 5.95 Å². The Morgan fingerprint density at radius 3 is 2.56 bits per heavy atom. The molecule has 2 aromatic rings. The molecule has 0 aliphatic rings. The quantitative estimate of drug-likeness (QED) is 0.781. The van der Waals surface area contributed by atoms with Gasteiger partial charge in [-0.25, -0.2) is 4.98 Å². The van der Waals surface area contributed by atoms with Crippen LogP contribution in [0.25, 0.3) is 0 Å². The van der Waals surface area contributed by atoms with E-state index in [-0.39, 0.29) is 5.91 Å². The maximum Gasteiger partial charge on any atom is 0.257 e. The van der Waals surface area contributed by atoms with Crippen LogP contribution in [-0.4, -0.2) is 15.9 Å². The number of rotatable bonds is 2. The molecule has 0 spiro atoms. The summed E-state index contributed by atoms with van der Waals surface area (Å²) in [6.45, 7) is 0. The van der Waals surface area contributed by atoms with Crippen LogP contribution in [0.4, 0.5) is 10.1 Å². The van der Waals surface area contributed by atoms with Crippen molar-refractivity contribution in [2.75, 3.05) is 5.32 Å². The molecule has 0 aliphatic heterocycles. The van der Waals surface area contributed by atoms with E-state index in [1.807, 2.05) is 0 Å². The van der Waals surface area contributed by atoms with Gasteiger partial charge in [-0.05, 0) is 24.3 Å². The standard InChI is InChI=1S/C11H8FN3O/c12-10-2-1-8(7-14-10)11(16)15-9-3-5-13-6-4-9/h1-7H,(H,13,15,16). The molecule has 16 heavy (non-hydrogen) atoms. The Hall–Kier alpha value is -2.30. The number of carbonyl (C=O) groups is 1. The fourth-order valence-corrected chi connectivity index (χ4v) is 1.15. The maximum atomic E-state index is 12.5. The summed E-state index contributed by atoms with van der Waals surface area (Å²) in [7, 11) is 0. The number of hydrogen-bond acceptors (Lipinski definition) is 3. The van der Waals surface area contributed by atoms with Gasteiger partial charge in [0.05, 0.1) is 5.56 Å². The van der Waals surface area contributed by atoms with Gasteiger partial charge in [0.2, 0.25) is 5.95 Å². The van der Waals surface area contributed by atoms with E-state index in [0.717, 1.165) is 6.07 Å². The largest absolute Gasteiger partial charge is 0.322 e. The maximum absolute atomic E-state index is 12.5. The fourth-order valence-electron chi connectivity index (χ4n) is 1.15. The summed E-state index contributed by atoms with van der Waals surface area (Å²) < 4.78 is 12.5. The Morgan fingerprint density at radius 2 is 1.94 bits per heavy atom. The van der Waals surface area contributed by atoms with E-state index in [0.29, 0.717) is 11.3 Å². The van der Waals surface area contributed by atoms with Crippen molar-refractivity contribution in [1.82, 2.24) is 9.97 Å². The normalized spacial score (nSPS) is 9.81. The van der Waals surface area contributed by atoms with E-state index >= 15 is 0 Å². The van der Waals surface area contributed by atoms with Crippen molar-refractivity contribution in [1.29, 1.82) is 0 Å². The van der Waals surface area contributed by atoms with Crippen LogP contribution in [0.15, 0.2) is 42.9 Å². The van der Waals surface area contributed by atoms with Gasteiger partial charge in [-0.2, -0.15) is 4.39 Å². The summed E-state index contributed by atoms with van der Waals surface area (Å²) in [5, 5.41) is 2.64. The summed E-state index contributed by atoms with van der Waals surface area (Å²) >= 11 is 0. The molecule has 2 heterocycles. The molecular formula is C11H8FN3O. The molecule has 5 heteroatoms. The molecule has 0 bridgehead atoms. The SMILES string of the molecule is O=C(Nc1ccncc1)c1ccc(F)nc1. The highest BCUT2D eigenvalue weighted by Crippen LogP contribution is 2.07. The van der Waals surface area contributed by atoms with Gasteiger partial charge in [0.25, 0.3) is 5.91 Å². The number of hydrogen-bond donors (Lipinski definition) is 1. The van der Waals surface area contributed by atoms with Gasteiger partial charge in [-0.1, -0.05) is 0 Å². The highest BCUT2D eigenvalue weighted by molar-refractivity contribution is 6.03. The lowest BCUT2D eigenvalue weighted by molar-refractivity contribution is 0.102. The average molecular weight is 217 g/mol. The third kappa shape index (κ3) is 2.38. The number of halogens is 1. The first-order valence-electron chi connectivity index (χ1n) is 4.58. The van der Waals surface area contributed by atoms with Crippen LogP contribution in [0.5, 0.6) is 0 Å². The minimum absolute atomic E-state index is 0.304. The van der Waals surface area contributed by atoms with Crippen LogP contribution in [0.3, 0.4) is 0 Å². The Morgan fingerprint density at radius 1 is 1.19 bits per heavy atom. The van der Waals surface area contributed by atoms with Crippen molar-refractivity contribution < 1.29 is 9.18 Å². The molecule has 0 atom stereocenters. The number of pyridine rings is 2. The van der Waals surface area contributed by atoms with Gasteiger partial charge in [-0.3, -0.25) is 9.78 Å². The Kier molecular flexibility index (Phi) is 2.86. The second kappa shape index (κ2) is 4.48. The van der Waals surface area contributed by atoms with Gasteiger partial charge >= 0.3 is 0 Å². The van der Waals surface area contributed by atoms with Crippen LogP contribution < -0.4 is 5.32 Å². The minimum Gasteiger partial charge on any atom is -0.322 e. The number of carbonyl (C=O) groups excluding carboxylic acids is 1. The molecule has 0 aromatic carbocycles. The molecular weight excluding hydrogens is 209 g/mol. The first kappa shape index (κ1) is 10.2. The molecule has 1 N–H and O–H groups in total. The van der Waals surface area contributed by atoms with Crippen LogP contribution in [-0.2, 0) is 0 Å². The lowest BCUT2D eigenvalue weighted by Gasteiger charge is -2.03. The van der Waals surface area contributed by atoms with E-state index < -0.39 is 5.95 Å². The summed E-state index contributed by atoms with van der Waals surface area (Å²) in [4.78, 5) is 18.9. The molecule has 2 aromatic heterocycles. The van der Waals surface area contributed by atoms with Gasteiger partial charge in [0.15, 0.2) is 0 Å². The third-order valence-corrected chi connectivity index (χ3v) is 1.93. The molecule has 0 saturated carbocycles. The summed E-state index contributed by atoms with van der Waals surface area (Å²) in [6, 6.07) is 5.84. The second-order valence-electron chi connectivity index (χ2n) is 3.06. The molecule has 80 valence electrons. The summed E-state index contributed by atoms with van der Waals surface area (Å²) in [6.07, 6.45) is 4.32. The van der Waals surface area contributed by atoms with Crippen molar-refractivity contribution in [3.8, 4) is 0 Å². The van der Waals surface area contributed by atoms with Crippen molar-refractivity contribution in [2.45, 2.75) is 0 Å². The number of nitrogens with zero attached hydrogens (tertiary/aromatic N) is 2. The molecule has 0 radical (unpaired) electrons. The molecule has 2 rings (SSSR count). The van der Waals surface area contributed by atoms with Gasteiger partial charge in [0, 0.05) is 24.3 Å². The number of nitrogens with one attached hydrogen (secondary N) is 1. The molecule has 0 aliphatic carbocycles. The van der Waals surface area contributed by atoms with Gasteiger partial charge < -0.3 is 5.32 Å². The minimum atomic E-state index is -0.611. The van der Waals surface area contributed by atoms with Crippen molar-refractivity contribution >= 4 is 11.6 Å². The zero-order chi connectivity index (χ0) is 11.4. The monoisotopic (exact) mass is 217 g/mol. The first-order valence-corrected chi connectivity index (χ1v) is 4.58. The zero-order valence-corrected chi connectivity index (χ0v) is 8.22. The molecule has 0 saturated heterocycles. The van der Waals surface area contributed by atoms with E-state index in [1.54, 1.807) is 24.5 Å². The predicted octanol–water partition coefficient (Wildman–Crippen LogP) is 1.87. The lowest BCUT2D eigenvalue weighted by atomic mass is 10.2. The van der Waals surface area contributed by atoms with Crippen LogP contribution in [0.1, 0.15) is 10.4 Å². The number of anilines is 1. The van der Waals surface area contributed by atoms with Gasteiger partial charge in [0.1, 0.15) is 0 Å². The topological polar surface area (TPSA) is 54.9 Å². The third-order valence-electron chi connectivity index (χ3n) is 1.93. The lowest BCUT2D eigenvalue weighted by Crippen LogP contribution is -2.12. The van der Waals surface area contributed by atoms with Crippen molar-refractivity contribution in [2.24, 2.45) is 0 Å². The van der Waals surface area contributed by atoms with E-state index in [2.05, 4.69) is 15.3 Å². The van der Waals surface area contributed by atoms with Gasteiger partial charge in [-0.15, -0.1) is 0 Å². The van der Waals surface area contributed by atoms with E-state index in [9.17, 15) is 9.18 Å². The Bertz CT molecular complexity index is 484. The van der Waals surface area contributed by atoms with Crippen LogP contribution in [0.2, 0.25) is 0 Å². The Labute approximate surface area is 91.2 Å². The smallest absolute Gasteiger partial charge is 0.257 e. The zero-order valence-electron chi connectivity index (χ0n) is 8.22. The number of amides is 1. The first-order chi connectivity index (χ1) is 7.75. The second-order valence-corrected chi connectivity index (χ2v) is 3.06. The summed E-state index contributed by atoms with van der Waals surface area (Å²) in [5.74, 6) is -0.945. The average Bonchev–Trinajstić information content (AvgIpc) is 2.31. The highest BCUT2D eigenvalue weighted by Gasteiger charge is 2.06. The molecule has 1 amide bonds.